The average Bonchev–Trinajstić information content (AvgIpc) is 3.17. The number of nitrogen functional groups attached to an aromatic ring is 1. The number of carbonyl (C=O) groups excluding carboxylic acids is 3. The van der Waals surface area contributed by atoms with Crippen LogP contribution in [0.4, 0.5) is 17.1 Å². The number of hydrogen-bond acceptors (Lipinski definition) is 6. The van der Waals surface area contributed by atoms with Gasteiger partial charge in [0.25, 0.3) is 11.8 Å². The first-order chi connectivity index (χ1) is 19.6. The zero-order valence-corrected chi connectivity index (χ0v) is 23.1. The molecule has 3 atom stereocenters. The molecule has 212 valence electrons. The molecule has 2 aliphatic heterocycles. The fraction of sp³-hybridized carbons (Fsp3) is 0.281. The van der Waals surface area contributed by atoms with E-state index in [-0.39, 0.29) is 30.9 Å². The lowest BCUT2D eigenvalue weighted by molar-refractivity contribution is -0.139. The predicted molar refractivity (Wildman–Crippen MR) is 157 cm³/mol. The van der Waals surface area contributed by atoms with E-state index in [1.807, 2.05) is 24.3 Å². The van der Waals surface area contributed by atoms with Crippen molar-refractivity contribution in [1.82, 2.24) is 4.90 Å². The van der Waals surface area contributed by atoms with Crippen molar-refractivity contribution < 1.29 is 24.6 Å². The van der Waals surface area contributed by atoms with Gasteiger partial charge in [0.1, 0.15) is 0 Å². The summed E-state index contributed by atoms with van der Waals surface area (Å²) < 4.78 is 0. The second-order valence-electron chi connectivity index (χ2n) is 10.7. The number of aliphatic hydroxyl groups is 2. The summed E-state index contributed by atoms with van der Waals surface area (Å²) in [5, 5.41) is 24.5. The molecule has 0 fully saturated rings. The Morgan fingerprint density at radius 2 is 1.83 bits per heavy atom. The van der Waals surface area contributed by atoms with E-state index in [1.165, 1.54) is 4.90 Å². The minimum absolute atomic E-state index is 0.0632. The highest BCUT2D eigenvalue weighted by Crippen LogP contribution is 2.45. The molecule has 2 heterocycles. The maximum Gasteiger partial charge on any atom is 0.264 e. The second kappa shape index (κ2) is 11.2. The minimum Gasteiger partial charge on any atom is -0.399 e. The molecule has 2 aliphatic rings. The van der Waals surface area contributed by atoms with Gasteiger partial charge in [0.2, 0.25) is 5.91 Å². The first kappa shape index (κ1) is 28.1. The Bertz CT molecular complexity index is 1520. The number of nitrogens with two attached hydrogens (primary N) is 1. The van der Waals surface area contributed by atoms with Crippen molar-refractivity contribution in [2.45, 2.75) is 38.0 Å². The van der Waals surface area contributed by atoms with E-state index in [1.54, 1.807) is 73.5 Å². The Morgan fingerprint density at radius 3 is 2.54 bits per heavy atom. The maximum atomic E-state index is 13.3. The summed E-state index contributed by atoms with van der Waals surface area (Å²) in [6, 6.07) is 19.1. The standard InChI is InChI=1S/C32H34N4O5/c1-20(6-5-9-29(38)36-18-23-8-4-3-7-22(23)16-26(36)19-37)32(41)27-17-25(14-15-28(27)35(2)31(32)40)34-30(39)21-10-12-24(33)13-11-21/h3-8,10-15,17,20,26,37,41H,9,16,18-19,33H2,1-2H3,(H,34,39)/b6-5+/t20-,26+,32+/m1/s1. The number of nitrogens with one attached hydrogen (secondary N) is 1. The molecular weight excluding hydrogens is 520 g/mol. The zero-order valence-electron chi connectivity index (χ0n) is 23.1. The van der Waals surface area contributed by atoms with Gasteiger partial charge >= 0.3 is 0 Å². The highest BCUT2D eigenvalue weighted by Gasteiger charge is 2.51. The molecule has 0 aromatic heterocycles. The molecule has 41 heavy (non-hydrogen) atoms. The van der Waals surface area contributed by atoms with Crippen molar-refractivity contribution in [2.24, 2.45) is 5.92 Å². The molecule has 3 amide bonds. The van der Waals surface area contributed by atoms with Gasteiger partial charge in [-0.3, -0.25) is 14.4 Å². The molecule has 0 saturated heterocycles. The number of nitrogens with zero attached hydrogens (tertiary/aromatic N) is 2. The number of hydrogen-bond donors (Lipinski definition) is 4. The molecule has 3 aromatic rings. The van der Waals surface area contributed by atoms with Crippen molar-refractivity contribution in [3.63, 3.8) is 0 Å². The first-order valence-corrected chi connectivity index (χ1v) is 13.6. The van der Waals surface area contributed by atoms with Gasteiger partial charge in [-0.1, -0.05) is 43.3 Å². The van der Waals surface area contributed by atoms with Crippen LogP contribution in [0.25, 0.3) is 0 Å². The normalized spacial score (nSPS) is 20.6. The van der Waals surface area contributed by atoms with E-state index in [0.717, 1.165) is 11.1 Å². The molecule has 0 saturated carbocycles. The van der Waals surface area contributed by atoms with Crippen molar-refractivity contribution in [1.29, 1.82) is 0 Å². The highest BCUT2D eigenvalue weighted by molar-refractivity contribution is 6.08. The van der Waals surface area contributed by atoms with Gasteiger partial charge in [0.15, 0.2) is 5.60 Å². The Balaban J connectivity index is 1.32. The fourth-order valence-electron chi connectivity index (χ4n) is 5.64. The first-order valence-electron chi connectivity index (χ1n) is 13.6. The molecule has 9 nitrogen and oxygen atoms in total. The minimum atomic E-state index is -1.89. The Morgan fingerprint density at radius 1 is 1.12 bits per heavy atom. The summed E-state index contributed by atoms with van der Waals surface area (Å²) in [6.45, 7) is 2.01. The lowest BCUT2D eigenvalue weighted by Crippen LogP contribution is -2.46. The van der Waals surface area contributed by atoms with Crippen molar-refractivity contribution in [2.75, 3.05) is 29.6 Å². The number of rotatable bonds is 7. The lowest BCUT2D eigenvalue weighted by atomic mass is 9.82. The molecule has 5 rings (SSSR count). The number of anilines is 3. The summed E-state index contributed by atoms with van der Waals surface area (Å²) >= 11 is 0. The highest BCUT2D eigenvalue weighted by atomic mass is 16.3. The van der Waals surface area contributed by atoms with Gasteiger partial charge in [0, 0.05) is 48.4 Å². The smallest absolute Gasteiger partial charge is 0.264 e. The molecule has 0 unspecified atom stereocenters. The summed E-state index contributed by atoms with van der Waals surface area (Å²) in [5.41, 5.74) is 8.33. The van der Waals surface area contributed by atoms with Gasteiger partial charge in [0.05, 0.1) is 18.3 Å². The molecule has 0 aliphatic carbocycles. The Hall–Kier alpha value is -4.47. The number of fused-ring (bicyclic) bond motifs is 2. The van der Waals surface area contributed by atoms with E-state index in [9.17, 15) is 24.6 Å². The largest absolute Gasteiger partial charge is 0.399 e. The van der Waals surface area contributed by atoms with E-state index in [0.29, 0.717) is 41.2 Å². The fourth-order valence-corrected chi connectivity index (χ4v) is 5.64. The van der Waals surface area contributed by atoms with Crippen molar-refractivity contribution >= 4 is 34.8 Å². The molecule has 3 aromatic carbocycles. The Labute approximate surface area is 238 Å². The van der Waals surface area contributed by atoms with Crippen LogP contribution in [0.15, 0.2) is 78.9 Å². The van der Waals surface area contributed by atoms with Crippen LogP contribution in [0.3, 0.4) is 0 Å². The summed E-state index contributed by atoms with van der Waals surface area (Å²) in [7, 11) is 1.59. The number of likely N-dealkylation sites (N-methyl/N-ethyl adjacent to an activating group) is 1. The zero-order chi connectivity index (χ0) is 29.3. The number of amides is 3. The van der Waals surface area contributed by atoms with E-state index in [4.69, 9.17) is 5.73 Å². The third-order valence-corrected chi connectivity index (χ3v) is 8.09. The summed E-state index contributed by atoms with van der Waals surface area (Å²) in [4.78, 5) is 42.3. The van der Waals surface area contributed by atoms with Gasteiger partial charge in [-0.25, -0.2) is 0 Å². The van der Waals surface area contributed by atoms with Crippen molar-refractivity contribution in [3.8, 4) is 0 Å². The van der Waals surface area contributed by atoms with Gasteiger partial charge in [-0.05, 0) is 60.0 Å². The van der Waals surface area contributed by atoms with E-state index < -0.39 is 17.4 Å². The van der Waals surface area contributed by atoms with Crippen LogP contribution in [0.1, 0.15) is 40.4 Å². The second-order valence-corrected chi connectivity index (χ2v) is 10.7. The van der Waals surface area contributed by atoms with Crippen LogP contribution in [0, 0.1) is 5.92 Å². The van der Waals surface area contributed by atoms with E-state index in [2.05, 4.69) is 5.32 Å². The van der Waals surface area contributed by atoms with Gasteiger partial charge in [-0.15, -0.1) is 0 Å². The quantitative estimate of drug-likeness (QED) is 0.262. The van der Waals surface area contributed by atoms with Crippen LogP contribution >= 0.6 is 0 Å². The SMILES string of the molecule is C[C@H](/C=C/CC(=O)N1Cc2ccccc2C[C@H]1CO)[C@@]1(O)C(=O)N(C)c2ccc(NC(=O)c3ccc(N)cc3)cc21. The summed E-state index contributed by atoms with van der Waals surface area (Å²) in [6.07, 6.45) is 3.99. The van der Waals surface area contributed by atoms with Crippen LogP contribution in [-0.2, 0) is 28.2 Å². The average molecular weight is 555 g/mol. The van der Waals surface area contributed by atoms with Gasteiger partial charge in [-0.2, -0.15) is 0 Å². The molecule has 0 radical (unpaired) electrons. The predicted octanol–water partition coefficient (Wildman–Crippen LogP) is 3.21. The molecule has 9 heteroatoms. The Kier molecular flexibility index (Phi) is 7.66. The molecule has 5 N–H and O–H groups in total. The van der Waals surface area contributed by atoms with Crippen molar-refractivity contribution in [3.05, 3.63) is 101 Å². The maximum absolute atomic E-state index is 13.3. The molecule has 0 bridgehead atoms. The number of aliphatic hydroxyl groups excluding tert-OH is 1. The van der Waals surface area contributed by atoms with Crippen LogP contribution in [0.2, 0.25) is 0 Å². The van der Waals surface area contributed by atoms with Crippen LogP contribution < -0.4 is 16.0 Å². The number of benzene rings is 3. The van der Waals surface area contributed by atoms with Crippen LogP contribution in [0.5, 0.6) is 0 Å². The lowest BCUT2D eigenvalue weighted by Gasteiger charge is -2.36. The van der Waals surface area contributed by atoms with Crippen LogP contribution in [-0.4, -0.2) is 52.5 Å². The topological polar surface area (TPSA) is 136 Å². The molecular formula is C32H34N4O5. The van der Waals surface area contributed by atoms with E-state index >= 15 is 0 Å². The number of carbonyl (C=O) groups is 3. The monoisotopic (exact) mass is 554 g/mol. The molecule has 0 spiro atoms. The third-order valence-electron chi connectivity index (χ3n) is 8.09. The van der Waals surface area contributed by atoms with Gasteiger partial charge < -0.3 is 31.1 Å². The summed E-state index contributed by atoms with van der Waals surface area (Å²) in [5.74, 6) is -1.66. The third kappa shape index (κ3) is 5.21.